The Hall–Kier alpha value is -2.14. The first-order chi connectivity index (χ1) is 11.5. The molecule has 0 spiro atoms. The summed E-state index contributed by atoms with van der Waals surface area (Å²) < 4.78 is 0. The van der Waals surface area contributed by atoms with Crippen LogP contribution >= 0.6 is 11.3 Å². The van der Waals surface area contributed by atoms with Gasteiger partial charge in [-0.25, -0.2) is 0 Å². The molecule has 1 aromatic carbocycles. The molecule has 126 valence electrons. The SMILES string of the molecule is Cc1cc(C(=O)NC2CCC(C(=O)O)CC2)sc1-c1ccccc1. The number of hydrogen-bond donors (Lipinski definition) is 2. The largest absolute Gasteiger partial charge is 0.481 e. The van der Waals surface area contributed by atoms with Gasteiger partial charge in [0.15, 0.2) is 0 Å². The third kappa shape index (κ3) is 3.67. The Morgan fingerprint density at radius 1 is 1.12 bits per heavy atom. The second-order valence-corrected chi connectivity index (χ2v) is 7.40. The molecule has 1 aliphatic carbocycles. The molecular weight excluding hydrogens is 322 g/mol. The Morgan fingerprint density at radius 3 is 2.42 bits per heavy atom. The van der Waals surface area contributed by atoms with Crippen LogP contribution in [0, 0.1) is 12.8 Å². The van der Waals surface area contributed by atoms with Crippen molar-refractivity contribution in [2.24, 2.45) is 5.92 Å². The first-order valence-corrected chi connectivity index (χ1v) is 9.05. The van der Waals surface area contributed by atoms with Crippen LogP contribution in [0.2, 0.25) is 0 Å². The van der Waals surface area contributed by atoms with Gasteiger partial charge in [0.1, 0.15) is 0 Å². The molecule has 3 rings (SSSR count). The molecule has 1 fully saturated rings. The summed E-state index contributed by atoms with van der Waals surface area (Å²) in [7, 11) is 0. The van der Waals surface area contributed by atoms with Crippen LogP contribution in [-0.2, 0) is 4.79 Å². The van der Waals surface area contributed by atoms with Gasteiger partial charge in [0.25, 0.3) is 5.91 Å². The maximum Gasteiger partial charge on any atom is 0.306 e. The molecule has 24 heavy (non-hydrogen) atoms. The summed E-state index contributed by atoms with van der Waals surface area (Å²) in [6, 6.07) is 12.1. The molecule has 0 radical (unpaired) electrons. The van der Waals surface area contributed by atoms with Gasteiger partial charge in [-0.1, -0.05) is 30.3 Å². The highest BCUT2D eigenvalue weighted by atomic mass is 32.1. The summed E-state index contributed by atoms with van der Waals surface area (Å²) in [5, 5.41) is 12.1. The van der Waals surface area contributed by atoms with Crippen molar-refractivity contribution in [1.82, 2.24) is 5.32 Å². The lowest BCUT2D eigenvalue weighted by atomic mass is 9.86. The summed E-state index contributed by atoms with van der Waals surface area (Å²) in [4.78, 5) is 25.3. The number of carbonyl (C=O) groups is 2. The number of nitrogens with one attached hydrogen (secondary N) is 1. The molecule has 1 heterocycles. The zero-order valence-corrected chi connectivity index (χ0v) is 14.4. The van der Waals surface area contributed by atoms with Gasteiger partial charge in [0.2, 0.25) is 0 Å². The van der Waals surface area contributed by atoms with Crippen molar-refractivity contribution in [3.05, 3.63) is 46.8 Å². The molecule has 4 nitrogen and oxygen atoms in total. The molecule has 0 aliphatic heterocycles. The molecule has 1 aliphatic rings. The van der Waals surface area contributed by atoms with E-state index in [9.17, 15) is 9.59 Å². The predicted molar refractivity (Wildman–Crippen MR) is 95.3 cm³/mol. The van der Waals surface area contributed by atoms with E-state index < -0.39 is 5.97 Å². The number of carboxylic acids is 1. The van der Waals surface area contributed by atoms with Gasteiger partial charge in [-0.05, 0) is 49.8 Å². The normalized spacial score (nSPS) is 20.5. The molecule has 5 heteroatoms. The van der Waals surface area contributed by atoms with E-state index in [0.29, 0.717) is 17.7 Å². The molecule has 1 aromatic heterocycles. The Labute approximate surface area is 145 Å². The average molecular weight is 343 g/mol. The average Bonchev–Trinajstić information content (AvgIpc) is 2.98. The van der Waals surface area contributed by atoms with E-state index in [4.69, 9.17) is 5.11 Å². The number of benzene rings is 1. The summed E-state index contributed by atoms with van der Waals surface area (Å²) in [6.07, 6.45) is 2.75. The van der Waals surface area contributed by atoms with E-state index in [0.717, 1.165) is 28.8 Å². The Morgan fingerprint density at radius 2 is 1.79 bits per heavy atom. The van der Waals surface area contributed by atoms with Crippen LogP contribution in [0.5, 0.6) is 0 Å². The number of aryl methyl sites for hydroxylation is 1. The molecule has 0 bridgehead atoms. The quantitative estimate of drug-likeness (QED) is 0.878. The number of amides is 1. The molecule has 0 unspecified atom stereocenters. The van der Waals surface area contributed by atoms with Gasteiger partial charge < -0.3 is 10.4 Å². The van der Waals surface area contributed by atoms with Crippen molar-refractivity contribution in [2.45, 2.75) is 38.6 Å². The minimum Gasteiger partial charge on any atom is -0.481 e. The fraction of sp³-hybridized carbons (Fsp3) is 0.368. The third-order valence-corrected chi connectivity index (χ3v) is 5.87. The maximum atomic E-state index is 12.5. The predicted octanol–water partition coefficient (Wildman–Crippen LogP) is 4.10. The number of aliphatic carboxylic acids is 1. The van der Waals surface area contributed by atoms with Crippen LogP contribution in [0.15, 0.2) is 36.4 Å². The number of thiophene rings is 1. The Kier molecular flexibility index (Phi) is 5.00. The fourth-order valence-corrected chi connectivity index (χ4v) is 4.29. The first kappa shape index (κ1) is 16.7. The molecule has 1 saturated carbocycles. The first-order valence-electron chi connectivity index (χ1n) is 8.24. The van der Waals surface area contributed by atoms with Gasteiger partial charge >= 0.3 is 5.97 Å². The van der Waals surface area contributed by atoms with Crippen molar-refractivity contribution in [2.75, 3.05) is 0 Å². The summed E-state index contributed by atoms with van der Waals surface area (Å²) >= 11 is 1.51. The zero-order chi connectivity index (χ0) is 17.1. The van der Waals surface area contributed by atoms with E-state index in [-0.39, 0.29) is 17.9 Å². The monoisotopic (exact) mass is 343 g/mol. The van der Waals surface area contributed by atoms with E-state index in [1.807, 2.05) is 43.3 Å². The van der Waals surface area contributed by atoms with Gasteiger partial charge in [0, 0.05) is 10.9 Å². The fourth-order valence-electron chi connectivity index (χ4n) is 3.21. The highest BCUT2D eigenvalue weighted by Crippen LogP contribution is 2.32. The molecule has 2 aromatic rings. The van der Waals surface area contributed by atoms with Gasteiger partial charge in [-0.15, -0.1) is 11.3 Å². The molecule has 0 saturated heterocycles. The van der Waals surface area contributed by atoms with Crippen LogP contribution in [0.4, 0.5) is 0 Å². The van der Waals surface area contributed by atoms with Crippen LogP contribution in [0.1, 0.15) is 40.9 Å². The molecular formula is C19H21NO3S. The lowest BCUT2D eigenvalue weighted by Gasteiger charge is -2.26. The van der Waals surface area contributed by atoms with Gasteiger partial charge in [-0.3, -0.25) is 9.59 Å². The third-order valence-electron chi connectivity index (χ3n) is 4.59. The van der Waals surface area contributed by atoms with Crippen LogP contribution < -0.4 is 5.32 Å². The second-order valence-electron chi connectivity index (χ2n) is 6.35. The lowest BCUT2D eigenvalue weighted by molar-refractivity contribution is -0.142. The van der Waals surface area contributed by atoms with Gasteiger partial charge in [-0.2, -0.15) is 0 Å². The van der Waals surface area contributed by atoms with Crippen molar-refractivity contribution >= 4 is 23.2 Å². The van der Waals surface area contributed by atoms with E-state index >= 15 is 0 Å². The standard InChI is InChI=1S/C19H21NO3S/c1-12-11-16(24-17(12)13-5-3-2-4-6-13)18(21)20-15-9-7-14(8-10-15)19(22)23/h2-6,11,14-15H,7-10H2,1H3,(H,20,21)(H,22,23). The molecule has 1 amide bonds. The summed E-state index contributed by atoms with van der Waals surface area (Å²) in [6.45, 7) is 2.02. The molecule has 0 atom stereocenters. The summed E-state index contributed by atoms with van der Waals surface area (Å²) in [5.41, 5.74) is 2.23. The van der Waals surface area contributed by atoms with Crippen LogP contribution in [0.3, 0.4) is 0 Å². The van der Waals surface area contributed by atoms with Crippen molar-refractivity contribution in [3.63, 3.8) is 0 Å². The second kappa shape index (κ2) is 7.18. The van der Waals surface area contributed by atoms with Crippen molar-refractivity contribution in [1.29, 1.82) is 0 Å². The van der Waals surface area contributed by atoms with Gasteiger partial charge in [0.05, 0.1) is 10.8 Å². The molecule has 2 N–H and O–H groups in total. The minimum atomic E-state index is -0.721. The zero-order valence-electron chi connectivity index (χ0n) is 13.6. The lowest BCUT2D eigenvalue weighted by Crippen LogP contribution is -2.38. The van der Waals surface area contributed by atoms with Crippen LogP contribution in [0.25, 0.3) is 10.4 Å². The minimum absolute atomic E-state index is 0.0518. The highest BCUT2D eigenvalue weighted by molar-refractivity contribution is 7.17. The Bertz CT molecular complexity index is 730. The van der Waals surface area contributed by atoms with Crippen molar-refractivity contribution in [3.8, 4) is 10.4 Å². The maximum absolute atomic E-state index is 12.5. The van der Waals surface area contributed by atoms with Crippen molar-refractivity contribution < 1.29 is 14.7 Å². The topological polar surface area (TPSA) is 66.4 Å². The van der Waals surface area contributed by atoms with Crippen LogP contribution in [-0.4, -0.2) is 23.0 Å². The summed E-state index contributed by atoms with van der Waals surface area (Å²) in [5.74, 6) is -1.03. The number of rotatable bonds is 4. The Balaban J connectivity index is 1.65. The highest BCUT2D eigenvalue weighted by Gasteiger charge is 2.27. The number of carboxylic acid groups (broad SMARTS) is 1. The van der Waals surface area contributed by atoms with E-state index in [1.165, 1.54) is 11.3 Å². The number of carbonyl (C=O) groups excluding carboxylic acids is 1. The van der Waals surface area contributed by atoms with E-state index in [1.54, 1.807) is 0 Å². The van der Waals surface area contributed by atoms with E-state index in [2.05, 4.69) is 5.32 Å². The number of hydrogen-bond acceptors (Lipinski definition) is 3. The smallest absolute Gasteiger partial charge is 0.306 e.